The van der Waals surface area contributed by atoms with Crippen molar-refractivity contribution in [2.45, 2.75) is 32.6 Å². The molecule has 0 rings (SSSR count). The molecule has 0 fully saturated rings. The molecule has 0 aliphatic heterocycles. The van der Waals surface area contributed by atoms with E-state index in [4.69, 9.17) is 15.6 Å². The molecule has 3 N–H and O–H groups in total. The Morgan fingerprint density at radius 2 is 2.22 bits per heavy atom. The van der Waals surface area contributed by atoms with Crippen LogP contribution < -0.4 is 5.73 Å². The van der Waals surface area contributed by atoms with Crippen molar-refractivity contribution in [3.05, 3.63) is 0 Å². The molecule has 56 valence electrons. The first-order chi connectivity index (χ1) is 4.20. The summed E-state index contributed by atoms with van der Waals surface area (Å²) in [5.41, 5.74) is 5.42. The van der Waals surface area contributed by atoms with Crippen molar-refractivity contribution in [3.63, 3.8) is 0 Å². The third kappa shape index (κ3) is 4.39. The Balaban J connectivity index is 3.22. The van der Waals surface area contributed by atoms with Crippen molar-refractivity contribution in [3.8, 4) is 0 Å². The van der Waals surface area contributed by atoms with Gasteiger partial charge in [-0.1, -0.05) is 6.92 Å². The molecule has 2 unspecified atom stereocenters. The predicted molar refractivity (Wildman–Crippen MR) is 35.9 cm³/mol. The van der Waals surface area contributed by atoms with E-state index in [0.717, 1.165) is 6.42 Å². The average molecular weight is 133 g/mol. The van der Waals surface area contributed by atoms with Gasteiger partial charge in [0.05, 0.1) is 12.7 Å². The fourth-order valence-electron chi connectivity index (χ4n) is 0.438. The summed E-state index contributed by atoms with van der Waals surface area (Å²) in [6, 6.07) is 0. The van der Waals surface area contributed by atoms with E-state index in [9.17, 15) is 0 Å². The first-order valence-electron chi connectivity index (χ1n) is 3.22. The van der Waals surface area contributed by atoms with Crippen molar-refractivity contribution in [1.29, 1.82) is 0 Å². The molecule has 3 heteroatoms. The Hall–Kier alpha value is -0.120. The number of ether oxygens (including phenoxy) is 1. The quantitative estimate of drug-likeness (QED) is 0.534. The molecule has 2 atom stereocenters. The second-order valence-corrected chi connectivity index (χ2v) is 2.08. The zero-order valence-corrected chi connectivity index (χ0v) is 6.00. The summed E-state index contributed by atoms with van der Waals surface area (Å²) >= 11 is 0. The fourth-order valence-corrected chi connectivity index (χ4v) is 0.438. The molecule has 0 spiro atoms. The summed E-state index contributed by atoms with van der Waals surface area (Å²) in [5, 5.41) is 8.50. The van der Waals surface area contributed by atoms with E-state index in [2.05, 4.69) is 0 Å². The number of hydrogen-bond acceptors (Lipinski definition) is 3. The van der Waals surface area contributed by atoms with Crippen molar-refractivity contribution >= 4 is 0 Å². The first-order valence-corrected chi connectivity index (χ1v) is 3.22. The molecule has 0 aliphatic carbocycles. The maximum absolute atomic E-state index is 8.50. The Morgan fingerprint density at radius 3 is 2.56 bits per heavy atom. The van der Waals surface area contributed by atoms with Gasteiger partial charge in [0.25, 0.3) is 0 Å². The van der Waals surface area contributed by atoms with Crippen LogP contribution >= 0.6 is 0 Å². The largest absolute Gasteiger partial charge is 0.394 e. The minimum Gasteiger partial charge on any atom is -0.394 e. The summed E-state index contributed by atoms with van der Waals surface area (Å²) in [4.78, 5) is 0. The van der Waals surface area contributed by atoms with Gasteiger partial charge in [0, 0.05) is 0 Å². The van der Waals surface area contributed by atoms with Crippen LogP contribution in [0.3, 0.4) is 0 Å². The molecule has 0 aromatic heterocycles. The molecular weight excluding hydrogens is 118 g/mol. The Bertz CT molecular complexity index is 60.1. The molecule has 0 saturated heterocycles. The second-order valence-electron chi connectivity index (χ2n) is 2.08. The maximum atomic E-state index is 8.50. The van der Waals surface area contributed by atoms with Crippen LogP contribution in [0.25, 0.3) is 0 Å². The van der Waals surface area contributed by atoms with E-state index < -0.39 is 0 Å². The van der Waals surface area contributed by atoms with Crippen LogP contribution in [0.1, 0.15) is 20.3 Å². The molecule has 0 aliphatic rings. The van der Waals surface area contributed by atoms with E-state index in [1.807, 2.05) is 6.92 Å². The molecule has 0 bridgehead atoms. The lowest BCUT2D eigenvalue weighted by molar-refractivity contribution is -0.0274. The first kappa shape index (κ1) is 8.88. The van der Waals surface area contributed by atoms with Crippen LogP contribution in [0.2, 0.25) is 0 Å². The molecular formula is C6H15NO2. The third-order valence-corrected chi connectivity index (χ3v) is 1.07. The van der Waals surface area contributed by atoms with Crippen molar-refractivity contribution in [2.24, 2.45) is 5.73 Å². The lowest BCUT2D eigenvalue weighted by Crippen LogP contribution is -2.29. The normalized spacial score (nSPS) is 17.3. The maximum Gasteiger partial charge on any atom is 0.105 e. The van der Waals surface area contributed by atoms with Crippen molar-refractivity contribution in [2.75, 3.05) is 6.61 Å². The van der Waals surface area contributed by atoms with E-state index in [-0.39, 0.29) is 18.9 Å². The highest BCUT2D eigenvalue weighted by Gasteiger charge is 2.03. The molecule has 0 aromatic carbocycles. The number of aliphatic hydroxyl groups is 1. The van der Waals surface area contributed by atoms with Gasteiger partial charge < -0.3 is 15.6 Å². The molecule has 0 amide bonds. The second kappa shape index (κ2) is 4.73. The molecule has 3 nitrogen and oxygen atoms in total. The standard InChI is InChI=1S/C6H15NO2/c1-3-6(7)9-5(2)4-8/h5-6,8H,3-4,7H2,1-2H3. The van der Waals surface area contributed by atoms with Gasteiger partial charge in [-0.05, 0) is 13.3 Å². The fraction of sp³-hybridized carbons (Fsp3) is 1.00. The van der Waals surface area contributed by atoms with Gasteiger partial charge in [-0.2, -0.15) is 0 Å². The van der Waals surface area contributed by atoms with E-state index in [0.29, 0.717) is 0 Å². The van der Waals surface area contributed by atoms with Gasteiger partial charge in [-0.25, -0.2) is 0 Å². The minimum atomic E-state index is -0.229. The lowest BCUT2D eigenvalue weighted by Gasteiger charge is -2.14. The summed E-state index contributed by atoms with van der Waals surface area (Å²) in [6.07, 6.45) is 0.414. The molecule has 0 aromatic rings. The Kier molecular flexibility index (Phi) is 4.67. The molecule has 9 heavy (non-hydrogen) atoms. The van der Waals surface area contributed by atoms with E-state index in [1.165, 1.54) is 0 Å². The predicted octanol–water partition coefficient (Wildman–Crippen LogP) is 0.0786. The Morgan fingerprint density at radius 1 is 1.67 bits per heavy atom. The van der Waals surface area contributed by atoms with Gasteiger partial charge in [0.2, 0.25) is 0 Å². The van der Waals surface area contributed by atoms with E-state index >= 15 is 0 Å². The molecule has 0 saturated carbocycles. The third-order valence-electron chi connectivity index (χ3n) is 1.07. The summed E-state index contributed by atoms with van der Waals surface area (Å²) in [7, 11) is 0. The van der Waals surface area contributed by atoms with Gasteiger partial charge in [0.15, 0.2) is 0 Å². The van der Waals surface area contributed by atoms with Gasteiger partial charge in [-0.3, -0.25) is 0 Å². The number of rotatable bonds is 4. The lowest BCUT2D eigenvalue weighted by atomic mass is 10.4. The van der Waals surface area contributed by atoms with Crippen LogP contribution in [-0.2, 0) is 4.74 Å². The highest BCUT2D eigenvalue weighted by molar-refractivity contribution is 4.49. The molecule has 0 radical (unpaired) electrons. The van der Waals surface area contributed by atoms with Crippen LogP contribution in [-0.4, -0.2) is 24.0 Å². The van der Waals surface area contributed by atoms with Crippen LogP contribution in [0, 0.1) is 0 Å². The van der Waals surface area contributed by atoms with Gasteiger partial charge in [0.1, 0.15) is 6.23 Å². The highest BCUT2D eigenvalue weighted by Crippen LogP contribution is 1.94. The smallest absolute Gasteiger partial charge is 0.105 e. The Labute approximate surface area is 55.8 Å². The number of aliphatic hydroxyl groups excluding tert-OH is 1. The summed E-state index contributed by atoms with van der Waals surface area (Å²) in [6.45, 7) is 3.76. The summed E-state index contributed by atoms with van der Waals surface area (Å²) < 4.78 is 5.08. The zero-order chi connectivity index (χ0) is 7.28. The van der Waals surface area contributed by atoms with Crippen molar-refractivity contribution in [1.82, 2.24) is 0 Å². The molecule has 0 heterocycles. The topological polar surface area (TPSA) is 55.5 Å². The van der Waals surface area contributed by atoms with Crippen molar-refractivity contribution < 1.29 is 9.84 Å². The van der Waals surface area contributed by atoms with E-state index in [1.54, 1.807) is 6.92 Å². The number of hydrogen-bond donors (Lipinski definition) is 2. The highest BCUT2D eigenvalue weighted by atomic mass is 16.5. The van der Waals surface area contributed by atoms with Crippen LogP contribution in [0.15, 0.2) is 0 Å². The zero-order valence-electron chi connectivity index (χ0n) is 6.00. The van der Waals surface area contributed by atoms with Gasteiger partial charge in [-0.15, -0.1) is 0 Å². The minimum absolute atomic E-state index is 0.0354. The number of nitrogens with two attached hydrogens (primary N) is 1. The van der Waals surface area contributed by atoms with Crippen LogP contribution in [0.5, 0.6) is 0 Å². The average Bonchev–Trinajstić information content (AvgIpc) is 1.87. The summed E-state index contributed by atoms with van der Waals surface area (Å²) in [5.74, 6) is 0. The SMILES string of the molecule is CCC(N)OC(C)CO. The monoisotopic (exact) mass is 133 g/mol. The van der Waals surface area contributed by atoms with Crippen LogP contribution in [0.4, 0.5) is 0 Å². The van der Waals surface area contributed by atoms with Gasteiger partial charge >= 0.3 is 0 Å².